The zero-order chi connectivity index (χ0) is 9.19. The Morgan fingerprint density at radius 1 is 1.67 bits per heavy atom. The van der Waals surface area contributed by atoms with Crippen molar-refractivity contribution in [3.05, 3.63) is 0 Å². The van der Waals surface area contributed by atoms with Crippen molar-refractivity contribution in [3.63, 3.8) is 0 Å². The highest BCUT2D eigenvalue weighted by Crippen LogP contribution is 2.23. The summed E-state index contributed by atoms with van der Waals surface area (Å²) in [6, 6.07) is 2.27. The van der Waals surface area contributed by atoms with Gasteiger partial charge in [0, 0.05) is 19.7 Å². The van der Waals surface area contributed by atoms with E-state index in [1.165, 1.54) is 0 Å². The predicted octanol–water partition coefficient (Wildman–Crippen LogP) is 0.603. The molecule has 1 fully saturated rings. The molecule has 0 bridgehead atoms. The maximum absolute atomic E-state index is 8.91. The second kappa shape index (κ2) is 3.42. The van der Waals surface area contributed by atoms with Crippen molar-refractivity contribution >= 4 is 0 Å². The molecule has 0 aliphatic carbocycles. The Hall–Kier alpha value is -0.590. The van der Waals surface area contributed by atoms with Crippen LogP contribution in [0.3, 0.4) is 0 Å². The second-order valence-corrected chi connectivity index (χ2v) is 3.95. The summed E-state index contributed by atoms with van der Waals surface area (Å²) in [6.07, 6.45) is 1.02. The van der Waals surface area contributed by atoms with Crippen molar-refractivity contribution in [1.82, 2.24) is 4.90 Å². The van der Waals surface area contributed by atoms with Crippen LogP contribution in [0, 0.1) is 17.2 Å². The number of aliphatic hydroxyl groups excluding tert-OH is 1. The molecule has 0 aromatic rings. The van der Waals surface area contributed by atoms with Crippen LogP contribution in [0.25, 0.3) is 0 Å². The molecule has 1 N–H and O–H groups in total. The molecule has 3 nitrogen and oxygen atoms in total. The minimum absolute atomic E-state index is 0.248. The maximum Gasteiger partial charge on any atom is 0.103 e. The van der Waals surface area contributed by atoms with Crippen LogP contribution >= 0.6 is 0 Å². The summed E-state index contributed by atoms with van der Waals surface area (Å²) >= 11 is 0. The van der Waals surface area contributed by atoms with Gasteiger partial charge >= 0.3 is 0 Å². The van der Waals surface area contributed by atoms with Crippen LogP contribution in [-0.4, -0.2) is 35.2 Å². The first-order valence-electron chi connectivity index (χ1n) is 4.37. The van der Waals surface area contributed by atoms with Gasteiger partial charge < -0.3 is 5.11 Å². The van der Waals surface area contributed by atoms with E-state index >= 15 is 0 Å². The van der Waals surface area contributed by atoms with Gasteiger partial charge in [-0.3, -0.25) is 4.90 Å². The Morgan fingerprint density at radius 2 is 2.33 bits per heavy atom. The molecule has 1 atom stereocenters. The Kier molecular flexibility index (Phi) is 2.71. The van der Waals surface area contributed by atoms with Gasteiger partial charge in [-0.05, 0) is 26.2 Å². The summed E-state index contributed by atoms with van der Waals surface area (Å²) in [7, 11) is 0. The molecular formula is C9H16N2O. The van der Waals surface area contributed by atoms with Crippen LogP contribution in [0.5, 0.6) is 0 Å². The fourth-order valence-electron chi connectivity index (χ4n) is 1.56. The van der Waals surface area contributed by atoms with Gasteiger partial charge in [-0.2, -0.15) is 5.26 Å². The monoisotopic (exact) mass is 168 g/mol. The zero-order valence-corrected chi connectivity index (χ0v) is 7.75. The number of aliphatic hydroxyl groups is 1. The third kappa shape index (κ3) is 1.77. The van der Waals surface area contributed by atoms with Crippen molar-refractivity contribution in [2.75, 3.05) is 19.7 Å². The average molecular weight is 168 g/mol. The summed E-state index contributed by atoms with van der Waals surface area (Å²) in [5.41, 5.74) is -0.371. The van der Waals surface area contributed by atoms with Crippen LogP contribution in [-0.2, 0) is 0 Å². The lowest BCUT2D eigenvalue weighted by atomic mass is 10.1. The summed E-state index contributed by atoms with van der Waals surface area (Å²) in [5.74, 6) is 0.373. The number of nitriles is 1. The molecule has 3 heteroatoms. The van der Waals surface area contributed by atoms with Crippen molar-refractivity contribution in [2.24, 2.45) is 5.92 Å². The van der Waals surface area contributed by atoms with Gasteiger partial charge in [0.1, 0.15) is 5.54 Å². The van der Waals surface area contributed by atoms with Crippen molar-refractivity contribution in [3.8, 4) is 6.07 Å². The molecule has 12 heavy (non-hydrogen) atoms. The molecule has 0 saturated carbocycles. The van der Waals surface area contributed by atoms with E-state index in [0.717, 1.165) is 19.5 Å². The van der Waals surface area contributed by atoms with Crippen molar-refractivity contribution in [1.29, 1.82) is 5.26 Å². The molecule has 0 radical (unpaired) electrons. The summed E-state index contributed by atoms with van der Waals surface area (Å²) in [4.78, 5) is 2.13. The predicted molar refractivity (Wildman–Crippen MR) is 46.5 cm³/mol. The van der Waals surface area contributed by atoms with E-state index < -0.39 is 0 Å². The molecule has 1 heterocycles. The van der Waals surface area contributed by atoms with Gasteiger partial charge in [0.2, 0.25) is 0 Å². The van der Waals surface area contributed by atoms with Crippen LogP contribution in [0.15, 0.2) is 0 Å². The molecule has 1 aliphatic rings. The first-order valence-corrected chi connectivity index (χ1v) is 4.37. The smallest absolute Gasteiger partial charge is 0.103 e. The van der Waals surface area contributed by atoms with Gasteiger partial charge in [-0.1, -0.05) is 0 Å². The highest BCUT2D eigenvalue weighted by molar-refractivity contribution is 5.03. The lowest BCUT2D eigenvalue weighted by Crippen LogP contribution is -2.41. The Bertz CT molecular complexity index is 195. The van der Waals surface area contributed by atoms with Crippen LogP contribution in [0.2, 0.25) is 0 Å². The number of hydrogen-bond acceptors (Lipinski definition) is 3. The molecule has 1 saturated heterocycles. The second-order valence-electron chi connectivity index (χ2n) is 3.95. The molecule has 1 rings (SSSR count). The fourth-order valence-corrected chi connectivity index (χ4v) is 1.56. The molecule has 0 spiro atoms. The van der Waals surface area contributed by atoms with Crippen molar-refractivity contribution in [2.45, 2.75) is 25.8 Å². The summed E-state index contributed by atoms with van der Waals surface area (Å²) in [6.45, 7) is 5.89. The topological polar surface area (TPSA) is 47.3 Å². The zero-order valence-electron chi connectivity index (χ0n) is 7.75. The third-order valence-corrected chi connectivity index (χ3v) is 2.61. The third-order valence-electron chi connectivity index (χ3n) is 2.61. The normalized spacial score (nSPS) is 25.7. The minimum atomic E-state index is -0.371. The van der Waals surface area contributed by atoms with E-state index in [4.69, 9.17) is 10.4 Å². The lowest BCUT2D eigenvalue weighted by molar-refractivity contribution is 0.180. The maximum atomic E-state index is 8.91. The first-order chi connectivity index (χ1) is 5.60. The fraction of sp³-hybridized carbons (Fsp3) is 0.889. The van der Waals surface area contributed by atoms with Crippen LogP contribution < -0.4 is 0 Å². The van der Waals surface area contributed by atoms with Crippen LogP contribution in [0.1, 0.15) is 20.3 Å². The largest absolute Gasteiger partial charge is 0.396 e. The van der Waals surface area contributed by atoms with E-state index in [1.54, 1.807) is 0 Å². The van der Waals surface area contributed by atoms with Gasteiger partial charge in [-0.25, -0.2) is 0 Å². The molecule has 1 aliphatic heterocycles. The Labute approximate surface area is 73.6 Å². The highest BCUT2D eigenvalue weighted by Gasteiger charge is 2.32. The van der Waals surface area contributed by atoms with Gasteiger partial charge in [0.25, 0.3) is 0 Å². The highest BCUT2D eigenvalue weighted by atomic mass is 16.3. The SMILES string of the molecule is CC(C)(C#N)N1CC[C@@H](CO)C1. The number of rotatable bonds is 2. The molecule has 0 amide bonds. The number of likely N-dealkylation sites (tertiary alicyclic amines) is 1. The standard InChI is InChI=1S/C9H16N2O/c1-9(2,7-10)11-4-3-8(5-11)6-12/h8,12H,3-6H2,1-2H3/t8-/m1/s1. The Morgan fingerprint density at radius 3 is 2.75 bits per heavy atom. The van der Waals surface area contributed by atoms with Crippen LogP contribution in [0.4, 0.5) is 0 Å². The van der Waals surface area contributed by atoms with E-state index in [-0.39, 0.29) is 12.1 Å². The minimum Gasteiger partial charge on any atom is -0.396 e. The summed E-state index contributed by atoms with van der Waals surface area (Å²) in [5, 5.41) is 17.8. The van der Waals surface area contributed by atoms with E-state index in [0.29, 0.717) is 5.92 Å². The molecular weight excluding hydrogens is 152 g/mol. The molecule has 68 valence electrons. The van der Waals surface area contributed by atoms with Crippen molar-refractivity contribution < 1.29 is 5.11 Å². The Balaban J connectivity index is 2.53. The van der Waals surface area contributed by atoms with E-state index in [2.05, 4.69) is 11.0 Å². The first kappa shape index (κ1) is 9.50. The van der Waals surface area contributed by atoms with E-state index in [1.807, 2.05) is 13.8 Å². The lowest BCUT2D eigenvalue weighted by Gasteiger charge is -2.28. The summed E-state index contributed by atoms with van der Waals surface area (Å²) < 4.78 is 0. The number of nitrogens with zero attached hydrogens (tertiary/aromatic N) is 2. The average Bonchev–Trinajstić information content (AvgIpc) is 2.52. The van der Waals surface area contributed by atoms with Gasteiger partial charge in [0.05, 0.1) is 6.07 Å². The van der Waals surface area contributed by atoms with Gasteiger partial charge in [-0.15, -0.1) is 0 Å². The molecule has 0 unspecified atom stereocenters. The number of hydrogen-bond donors (Lipinski definition) is 1. The van der Waals surface area contributed by atoms with Gasteiger partial charge in [0.15, 0.2) is 0 Å². The van der Waals surface area contributed by atoms with E-state index in [9.17, 15) is 0 Å². The quantitative estimate of drug-likeness (QED) is 0.657. The molecule has 0 aromatic carbocycles. The molecule has 0 aromatic heterocycles.